The maximum atomic E-state index is 14.0. The normalized spacial score (nSPS) is 44.8. The SMILES string of the molecule is C[C@@H](C(=O)[C@H]1CC[C@H]2[C@@H]3CC[C@H]4C[C@](C)(O)CC[C@]4(C)[C@H]3CC[C@]12C)n1nnc2ccccc21. The fourth-order valence-electron chi connectivity index (χ4n) is 9.48. The minimum Gasteiger partial charge on any atom is -0.390 e. The summed E-state index contributed by atoms with van der Waals surface area (Å²) in [6.45, 7) is 9.05. The van der Waals surface area contributed by atoms with Crippen molar-refractivity contribution in [2.75, 3.05) is 0 Å². The lowest BCUT2D eigenvalue weighted by atomic mass is 9.44. The van der Waals surface area contributed by atoms with E-state index in [2.05, 4.69) is 24.2 Å². The first-order valence-electron chi connectivity index (χ1n) is 13.7. The number of hydrogen-bond acceptors (Lipinski definition) is 4. The van der Waals surface area contributed by atoms with Crippen LogP contribution in [0.4, 0.5) is 0 Å². The van der Waals surface area contributed by atoms with E-state index >= 15 is 0 Å². The maximum absolute atomic E-state index is 14.0. The monoisotopic (exact) mass is 463 g/mol. The van der Waals surface area contributed by atoms with E-state index in [1.54, 1.807) is 0 Å². The number of Topliss-reactive ketones (excluding diaryl/α,β-unsaturated/α-hetero) is 1. The number of nitrogens with zero attached hydrogens (tertiary/aromatic N) is 3. The van der Waals surface area contributed by atoms with E-state index in [-0.39, 0.29) is 17.4 Å². The van der Waals surface area contributed by atoms with Gasteiger partial charge in [-0.2, -0.15) is 0 Å². The predicted molar refractivity (Wildman–Crippen MR) is 133 cm³/mol. The number of rotatable bonds is 3. The molecule has 1 aromatic carbocycles. The molecule has 0 aliphatic heterocycles. The van der Waals surface area contributed by atoms with Crippen LogP contribution in [0, 0.1) is 40.4 Å². The number of para-hydroxylation sites is 1. The summed E-state index contributed by atoms with van der Waals surface area (Å²) in [6.07, 6.45) is 10.2. The van der Waals surface area contributed by atoms with Crippen molar-refractivity contribution in [2.24, 2.45) is 40.4 Å². The van der Waals surface area contributed by atoms with Gasteiger partial charge in [0, 0.05) is 5.92 Å². The van der Waals surface area contributed by atoms with E-state index in [4.69, 9.17) is 0 Å². The zero-order chi connectivity index (χ0) is 23.9. The molecule has 2 aromatic rings. The van der Waals surface area contributed by atoms with Gasteiger partial charge in [-0.3, -0.25) is 4.79 Å². The highest BCUT2D eigenvalue weighted by Crippen LogP contribution is 2.68. The fourth-order valence-corrected chi connectivity index (χ4v) is 9.48. The zero-order valence-electron chi connectivity index (χ0n) is 21.3. The van der Waals surface area contributed by atoms with E-state index in [1.807, 2.05) is 42.8 Å². The first-order valence-corrected chi connectivity index (χ1v) is 13.7. The lowest BCUT2D eigenvalue weighted by molar-refractivity contribution is -0.151. The van der Waals surface area contributed by atoms with Gasteiger partial charge in [0.1, 0.15) is 11.6 Å². The van der Waals surface area contributed by atoms with Crippen molar-refractivity contribution < 1.29 is 9.90 Å². The number of aliphatic hydroxyl groups is 1. The molecule has 0 unspecified atom stereocenters. The highest BCUT2D eigenvalue weighted by molar-refractivity contribution is 5.87. The third-order valence-corrected chi connectivity index (χ3v) is 11.5. The van der Waals surface area contributed by atoms with Crippen LogP contribution in [-0.4, -0.2) is 31.5 Å². The zero-order valence-corrected chi connectivity index (χ0v) is 21.3. The fraction of sp³-hybridized carbons (Fsp3) is 0.759. The lowest BCUT2D eigenvalue weighted by Gasteiger charge is -2.61. The van der Waals surface area contributed by atoms with E-state index in [1.165, 1.54) is 32.1 Å². The molecule has 0 saturated heterocycles. The van der Waals surface area contributed by atoms with Crippen LogP contribution >= 0.6 is 0 Å². The molecule has 4 fully saturated rings. The Morgan fingerprint density at radius 1 is 1.00 bits per heavy atom. The van der Waals surface area contributed by atoms with Crippen molar-refractivity contribution in [3.8, 4) is 0 Å². The Bertz CT molecular complexity index is 1110. The summed E-state index contributed by atoms with van der Waals surface area (Å²) in [5.41, 5.74) is 1.79. The Morgan fingerprint density at radius 3 is 2.59 bits per heavy atom. The number of carbonyl (C=O) groups is 1. The Hall–Kier alpha value is -1.75. The molecule has 5 heteroatoms. The average molecular weight is 464 g/mol. The van der Waals surface area contributed by atoms with Gasteiger partial charge < -0.3 is 5.11 Å². The highest BCUT2D eigenvalue weighted by Gasteiger charge is 2.62. The van der Waals surface area contributed by atoms with Crippen LogP contribution < -0.4 is 0 Å². The smallest absolute Gasteiger partial charge is 0.160 e. The first kappa shape index (κ1) is 22.7. The molecule has 0 bridgehead atoms. The molecule has 1 heterocycles. The van der Waals surface area contributed by atoms with Crippen LogP contribution in [0.3, 0.4) is 0 Å². The van der Waals surface area contributed by atoms with Crippen molar-refractivity contribution in [3.63, 3.8) is 0 Å². The molecule has 0 radical (unpaired) electrons. The number of hydrogen-bond donors (Lipinski definition) is 1. The average Bonchev–Trinajstić information content (AvgIpc) is 3.39. The summed E-state index contributed by atoms with van der Waals surface area (Å²) >= 11 is 0. The molecule has 184 valence electrons. The van der Waals surface area contributed by atoms with Gasteiger partial charge in [0.15, 0.2) is 5.78 Å². The summed E-state index contributed by atoms with van der Waals surface area (Å²) < 4.78 is 1.85. The minimum absolute atomic E-state index is 0.103. The van der Waals surface area contributed by atoms with Crippen LogP contribution in [0.15, 0.2) is 24.3 Å². The maximum Gasteiger partial charge on any atom is 0.160 e. The molecule has 4 aliphatic carbocycles. The van der Waals surface area contributed by atoms with Gasteiger partial charge in [0.25, 0.3) is 0 Å². The van der Waals surface area contributed by atoms with Crippen LogP contribution in [-0.2, 0) is 4.79 Å². The Balaban J connectivity index is 1.25. The van der Waals surface area contributed by atoms with Gasteiger partial charge in [-0.15, -0.1) is 5.10 Å². The summed E-state index contributed by atoms with van der Waals surface area (Å²) in [5, 5.41) is 19.4. The molecule has 4 aliphatic rings. The summed E-state index contributed by atoms with van der Waals surface area (Å²) in [5.74, 6) is 3.28. The van der Waals surface area contributed by atoms with Crippen molar-refractivity contribution in [1.82, 2.24) is 15.0 Å². The molecule has 0 amide bonds. The summed E-state index contributed by atoms with van der Waals surface area (Å²) in [7, 11) is 0. The van der Waals surface area contributed by atoms with Crippen molar-refractivity contribution in [1.29, 1.82) is 0 Å². The quantitative estimate of drug-likeness (QED) is 0.609. The van der Waals surface area contributed by atoms with Gasteiger partial charge in [-0.25, -0.2) is 4.68 Å². The van der Waals surface area contributed by atoms with Crippen LogP contribution in [0.5, 0.6) is 0 Å². The minimum atomic E-state index is -0.479. The van der Waals surface area contributed by atoms with Crippen LogP contribution in [0.1, 0.15) is 91.5 Å². The number of benzene rings is 1. The molecule has 5 nitrogen and oxygen atoms in total. The van der Waals surface area contributed by atoms with Crippen LogP contribution in [0.25, 0.3) is 11.0 Å². The van der Waals surface area contributed by atoms with E-state index < -0.39 is 5.60 Å². The van der Waals surface area contributed by atoms with Gasteiger partial charge in [-0.05, 0) is 118 Å². The van der Waals surface area contributed by atoms with Crippen LogP contribution in [0.2, 0.25) is 0 Å². The largest absolute Gasteiger partial charge is 0.390 e. The number of carbonyl (C=O) groups excluding carboxylic acids is 1. The second-order valence-electron chi connectivity index (χ2n) is 13.1. The van der Waals surface area contributed by atoms with Gasteiger partial charge >= 0.3 is 0 Å². The molecular weight excluding hydrogens is 422 g/mol. The Kier molecular flexibility index (Phi) is 5.09. The van der Waals surface area contributed by atoms with E-state index in [0.717, 1.165) is 48.6 Å². The van der Waals surface area contributed by atoms with Gasteiger partial charge in [-0.1, -0.05) is 31.2 Å². The molecule has 1 aromatic heterocycles. The van der Waals surface area contributed by atoms with Crippen molar-refractivity contribution in [3.05, 3.63) is 24.3 Å². The molecular formula is C29H41N3O2. The van der Waals surface area contributed by atoms with E-state index in [0.29, 0.717) is 23.0 Å². The number of fused-ring (bicyclic) bond motifs is 6. The lowest BCUT2D eigenvalue weighted by Crippen LogP contribution is -2.55. The number of aromatic nitrogens is 3. The molecule has 34 heavy (non-hydrogen) atoms. The molecule has 4 saturated carbocycles. The summed E-state index contributed by atoms with van der Waals surface area (Å²) in [6, 6.07) is 7.67. The standard InChI is InChI=1S/C29H41N3O2/c1-18(32-25-8-6-5-7-24(25)30-31-32)26(33)23-12-11-21-20-10-9-19-17-27(2,34)15-16-28(19,3)22(20)13-14-29(21,23)4/h5-8,18-23,34H,9-17H2,1-4H3/t18-,19-,20-,21-,22-,23+,27+,28-,29-/m0/s1. The van der Waals surface area contributed by atoms with E-state index in [9.17, 15) is 9.90 Å². The Morgan fingerprint density at radius 2 is 1.76 bits per heavy atom. The van der Waals surface area contributed by atoms with Gasteiger partial charge in [0.05, 0.1) is 11.1 Å². The number of ketones is 1. The highest BCUT2D eigenvalue weighted by atomic mass is 16.3. The second-order valence-corrected chi connectivity index (χ2v) is 13.1. The Labute approximate surface area is 203 Å². The third kappa shape index (κ3) is 3.18. The topological polar surface area (TPSA) is 68.0 Å². The van der Waals surface area contributed by atoms with Crippen molar-refractivity contribution in [2.45, 2.75) is 97.1 Å². The second kappa shape index (κ2) is 7.62. The molecule has 6 rings (SSSR count). The predicted octanol–water partition coefficient (Wildman–Crippen LogP) is 5.97. The molecule has 0 spiro atoms. The third-order valence-electron chi connectivity index (χ3n) is 11.5. The first-order chi connectivity index (χ1) is 16.1. The summed E-state index contributed by atoms with van der Waals surface area (Å²) in [4.78, 5) is 14.0. The van der Waals surface area contributed by atoms with Gasteiger partial charge in [0.2, 0.25) is 0 Å². The van der Waals surface area contributed by atoms with Crippen molar-refractivity contribution >= 4 is 16.8 Å². The molecule has 9 atom stereocenters. The molecule has 1 N–H and O–H groups in total.